The van der Waals surface area contributed by atoms with Crippen LogP contribution in [0.5, 0.6) is 5.75 Å². The fourth-order valence-electron chi connectivity index (χ4n) is 1.68. The third-order valence-corrected chi connectivity index (χ3v) is 3.75. The van der Waals surface area contributed by atoms with Crippen molar-refractivity contribution in [2.45, 2.75) is 24.7 Å². The number of unbranched alkanes of at least 4 members (excludes halogenated alkanes) is 1. The Hall–Kier alpha value is -1.15. The minimum atomic E-state index is 0.430. The standard InChI is InChI=1S/C14H16OS/c1-2-3-10-16-13-9-8-11-6-4-5-7-12(11)14(13)15/h4-9,15H,2-3,10H2,1H3. The summed E-state index contributed by atoms with van der Waals surface area (Å²) in [6.45, 7) is 2.18. The summed E-state index contributed by atoms with van der Waals surface area (Å²) in [5, 5.41) is 12.2. The molecule has 0 bridgehead atoms. The highest BCUT2D eigenvalue weighted by Crippen LogP contribution is 2.35. The lowest BCUT2D eigenvalue weighted by Crippen LogP contribution is -1.81. The molecule has 0 amide bonds. The van der Waals surface area contributed by atoms with Crippen molar-refractivity contribution in [1.29, 1.82) is 0 Å². The summed E-state index contributed by atoms with van der Waals surface area (Å²) < 4.78 is 0. The second-order valence-corrected chi connectivity index (χ2v) is 4.97. The Kier molecular flexibility index (Phi) is 3.73. The van der Waals surface area contributed by atoms with Crippen molar-refractivity contribution >= 4 is 22.5 Å². The zero-order valence-corrected chi connectivity index (χ0v) is 10.3. The van der Waals surface area contributed by atoms with Gasteiger partial charge in [-0.15, -0.1) is 11.8 Å². The maximum Gasteiger partial charge on any atom is 0.136 e. The van der Waals surface area contributed by atoms with Gasteiger partial charge in [0.25, 0.3) is 0 Å². The molecule has 1 N–H and O–H groups in total. The van der Waals surface area contributed by atoms with Gasteiger partial charge in [0.2, 0.25) is 0 Å². The van der Waals surface area contributed by atoms with Crippen LogP contribution >= 0.6 is 11.8 Å². The first kappa shape index (κ1) is 11.3. The Balaban J connectivity index is 2.29. The Morgan fingerprint density at radius 1 is 1.12 bits per heavy atom. The van der Waals surface area contributed by atoms with E-state index in [9.17, 15) is 5.11 Å². The van der Waals surface area contributed by atoms with Crippen LogP contribution in [-0.2, 0) is 0 Å². The molecule has 0 saturated heterocycles. The summed E-state index contributed by atoms with van der Waals surface area (Å²) in [6.07, 6.45) is 2.39. The molecule has 0 aliphatic rings. The van der Waals surface area contributed by atoms with E-state index >= 15 is 0 Å². The Morgan fingerprint density at radius 3 is 2.75 bits per heavy atom. The number of phenolic OH excluding ortho intramolecular Hbond substituents is 1. The number of hydrogen-bond donors (Lipinski definition) is 1. The smallest absolute Gasteiger partial charge is 0.136 e. The van der Waals surface area contributed by atoms with Crippen molar-refractivity contribution in [1.82, 2.24) is 0 Å². The number of rotatable bonds is 4. The fourth-order valence-corrected chi connectivity index (χ4v) is 2.74. The summed E-state index contributed by atoms with van der Waals surface area (Å²) >= 11 is 1.74. The van der Waals surface area contributed by atoms with Gasteiger partial charge in [-0.3, -0.25) is 0 Å². The Bertz CT molecular complexity index is 479. The number of aromatic hydroxyl groups is 1. The van der Waals surface area contributed by atoms with Crippen LogP contribution in [0, 0.1) is 0 Å². The largest absolute Gasteiger partial charge is 0.506 e. The van der Waals surface area contributed by atoms with E-state index in [0.717, 1.165) is 21.4 Å². The molecule has 0 saturated carbocycles. The molecule has 84 valence electrons. The number of fused-ring (bicyclic) bond motifs is 1. The quantitative estimate of drug-likeness (QED) is 0.621. The zero-order chi connectivity index (χ0) is 11.4. The van der Waals surface area contributed by atoms with Crippen LogP contribution in [0.1, 0.15) is 19.8 Å². The topological polar surface area (TPSA) is 20.2 Å². The predicted molar refractivity (Wildman–Crippen MR) is 71.2 cm³/mol. The van der Waals surface area contributed by atoms with Crippen LogP contribution in [0.25, 0.3) is 10.8 Å². The van der Waals surface area contributed by atoms with Gasteiger partial charge >= 0.3 is 0 Å². The summed E-state index contributed by atoms with van der Waals surface area (Å²) in [5.41, 5.74) is 0. The molecule has 0 aromatic heterocycles. The zero-order valence-electron chi connectivity index (χ0n) is 9.44. The third-order valence-electron chi connectivity index (χ3n) is 2.62. The lowest BCUT2D eigenvalue weighted by Gasteiger charge is -2.07. The molecule has 2 aromatic carbocycles. The van der Waals surface area contributed by atoms with Gasteiger partial charge in [-0.1, -0.05) is 43.7 Å². The molecular formula is C14H16OS. The van der Waals surface area contributed by atoms with Crippen LogP contribution in [-0.4, -0.2) is 10.9 Å². The molecule has 2 aromatic rings. The van der Waals surface area contributed by atoms with E-state index in [1.54, 1.807) is 11.8 Å². The van der Waals surface area contributed by atoms with Gasteiger partial charge in [0, 0.05) is 10.3 Å². The average Bonchev–Trinajstić information content (AvgIpc) is 2.33. The van der Waals surface area contributed by atoms with Gasteiger partial charge in [0.15, 0.2) is 0 Å². The van der Waals surface area contributed by atoms with E-state index < -0.39 is 0 Å². The highest BCUT2D eigenvalue weighted by molar-refractivity contribution is 7.99. The van der Waals surface area contributed by atoms with E-state index in [0.29, 0.717) is 5.75 Å². The van der Waals surface area contributed by atoms with Gasteiger partial charge in [-0.05, 0) is 23.6 Å². The van der Waals surface area contributed by atoms with Crippen molar-refractivity contribution in [3.05, 3.63) is 36.4 Å². The summed E-state index contributed by atoms with van der Waals surface area (Å²) in [6, 6.07) is 12.0. The normalized spacial score (nSPS) is 10.8. The lowest BCUT2D eigenvalue weighted by molar-refractivity contribution is 0.469. The molecule has 0 aliphatic heterocycles. The van der Waals surface area contributed by atoms with Crippen LogP contribution < -0.4 is 0 Å². The van der Waals surface area contributed by atoms with Gasteiger partial charge in [-0.2, -0.15) is 0 Å². The Morgan fingerprint density at radius 2 is 1.94 bits per heavy atom. The molecule has 0 aliphatic carbocycles. The number of benzene rings is 2. The van der Waals surface area contributed by atoms with Crippen LogP contribution in [0.15, 0.2) is 41.3 Å². The second-order valence-electron chi connectivity index (χ2n) is 3.84. The minimum absolute atomic E-state index is 0.430. The molecule has 0 fully saturated rings. The van der Waals surface area contributed by atoms with Crippen LogP contribution in [0.4, 0.5) is 0 Å². The molecule has 0 radical (unpaired) electrons. The van der Waals surface area contributed by atoms with Crippen LogP contribution in [0.2, 0.25) is 0 Å². The van der Waals surface area contributed by atoms with E-state index in [4.69, 9.17) is 0 Å². The van der Waals surface area contributed by atoms with E-state index in [2.05, 4.69) is 13.0 Å². The number of thioether (sulfide) groups is 1. The fraction of sp³-hybridized carbons (Fsp3) is 0.286. The SMILES string of the molecule is CCCCSc1ccc2ccccc2c1O. The van der Waals surface area contributed by atoms with Gasteiger partial charge in [0.1, 0.15) is 5.75 Å². The first-order valence-corrected chi connectivity index (χ1v) is 6.65. The lowest BCUT2D eigenvalue weighted by atomic mass is 10.1. The molecule has 16 heavy (non-hydrogen) atoms. The molecule has 0 atom stereocenters. The van der Waals surface area contributed by atoms with E-state index in [-0.39, 0.29) is 0 Å². The monoisotopic (exact) mass is 232 g/mol. The summed E-state index contributed by atoms with van der Waals surface area (Å²) in [4.78, 5) is 0.993. The van der Waals surface area contributed by atoms with E-state index in [1.807, 2.05) is 30.3 Å². The summed E-state index contributed by atoms with van der Waals surface area (Å²) in [7, 11) is 0. The molecular weight excluding hydrogens is 216 g/mol. The van der Waals surface area contributed by atoms with E-state index in [1.165, 1.54) is 12.8 Å². The molecule has 1 nitrogen and oxygen atoms in total. The predicted octanol–water partition coefficient (Wildman–Crippen LogP) is 4.44. The molecule has 2 rings (SSSR count). The number of phenols is 1. The molecule has 2 heteroatoms. The van der Waals surface area contributed by atoms with Gasteiger partial charge < -0.3 is 5.11 Å². The number of hydrogen-bond acceptors (Lipinski definition) is 2. The maximum absolute atomic E-state index is 10.1. The van der Waals surface area contributed by atoms with Gasteiger partial charge in [0.05, 0.1) is 0 Å². The molecule has 0 spiro atoms. The van der Waals surface area contributed by atoms with Crippen molar-refractivity contribution < 1.29 is 5.11 Å². The highest BCUT2D eigenvalue weighted by atomic mass is 32.2. The second kappa shape index (κ2) is 5.26. The molecule has 0 heterocycles. The maximum atomic E-state index is 10.1. The highest BCUT2D eigenvalue weighted by Gasteiger charge is 2.05. The third kappa shape index (κ3) is 2.33. The minimum Gasteiger partial charge on any atom is -0.506 e. The van der Waals surface area contributed by atoms with Crippen molar-refractivity contribution in [2.75, 3.05) is 5.75 Å². The Labute approximate surface area is 100 Å². The average molecular weight is 232 g/mol. The van der Waals surface area contributed by atoms with Crippen molar-refractivity contribution in [2.24, 2.45) is 0 Å². The molecule has 0 unspecified atom stereocenters. The summed E-state index contributed by atoms with van der Waals surface area (Å²) in [5.74, 6) is 1.50. The first-order valence-electron chi connectivity index (χ1n) is 5.66. The first-order chi connectivity index (χ1) is 7.83. The van der Waals surface area contributed by atoms with Crippen LogP contribution in [0.3, 0.4) is 0 Å². The van der Waals surface area contributed by atoms with Crippen molar-refractivity contribution in [3.63, 3.8) is 0 Å². The van der Waals surface area contributed by atoms with Crippen molar-refractivity contribution in [3.8, 4) is 5.75 Å². The van der Waals surface area contributed by atoms with Gasteiger partial charge in [-0.25, -0.2) is 0 Å².